The van der Waals surface area contributed by atoms with Crippen LogP contribution in [-0.4, -0.2) is 31.3 Å². The summed E-state index contributed by atoms with van der Waals surface area (Å²) in [7, 11) is 2.29. The van der Waals surface area contributed by atoms with Crippen LogP contribution in [0.2, 0.25) is 0 Å². The van der Waals surface area contributed by atoms with Crippen molar-refractivity contribution in [3.05, 3.63) is 94.8 Å². The van der Waals surface area contributed by atoms with Gasteiger partial charge in [-0.3, -0.25) is 4.79 Å². The zero-order valence-corrected chi connectivity index (χ0v) is 20.1. The molecule has 0 saturated heterocycles. The number of benzene rings is 3. The van der Waals surface area contributed by atoms with Gasteiger partial charge < -0.3 is 14.6 Å². The van der Waals surface area contributed by atoms with Crippen molar-refractivity contribution in [3.63, 3.8) is 0 Å². The van der Waals surface area contributed by atoms with E-state index in [0.717, 1.165) is 25.2 Å². The molecule has 4 rings (SSSR count). The highest BCUT2D eigenvalue weighted by molar-refractivity contribution is 5.96. The Morgan fingerprint density at radius 3 is 2.17 bits per heavy atom. The molecule has 0 bridgehead atoms. The van der Waals surface area contributed by atoms with Crippen molar-refractivity contribution < 1.29 is 24.2 Å². The third-order valence-electron chi connectivity index (χ3n) is 6.94. The number of hydrogen-bond donors (Lipinski definition) is 1. The zero-order chi connectivity index (χ0) is 26.0. The minimum atomic E-state index is -1.98. The number of carbonyl (C=O) groups is 2. The van der Waals surface area contributed by atoms with Gasteiger partial charge in [0, 0.05) is 5.92 Å². The molecule has 7 nitrogen and oxygen atoms in total. The normalized spacial score (nSPS) is 20.8. The predicted molar refractivity (Wildman–Crippen MR) is 131 cm³/mol. The molecule has 0 fully saturated rings. The molecule has 36 heavy (non-hydrogen) atoms. The van der Waals surface area contributed by atoms with Crippen LogP contribution in [0.5, 0.6) is 0 Å². The Labute approximate surface area is 208 Å². The van der Waals surface area contributed by atoms with Gasteiger partial charge in [-0.05, 0) is 28.8 Å². The van der Waals surface area contributed by atoms with E-state index >= 15 is 0 Å². The Morgan fingerprint density at radius 1 is 0.917 bits per heavy atom. The first-order valence-electron chi connectivity index (χ1n) is 11.3. The lowest BCUT2D eigenvalue weighted by molar-refractivity contribution is -0.147. The molecule has 1 aliphatic rings. The van der Waals surface area contributed by atoms with Gasteiger partial charge in [0.05, 0.1) is 37.8 Å². The van der Waals surface area contributed by atoms with Gasteiger partial charge in [0.25, 0.3) is 0 Å². The van der Waals surface area contributed by atoms with Crippen LogP contribution in [0, 0.1) is 40.9 Å². The Bertz CT molecular complexity index is 1440. The number of nitrogens with zero attached hydrogens (tertiary/aromatic N) is 2. The van der Waals surface area contributed by atoms with Crippen molar-refractivity contribution in [2.24, 2.45) is 11.3 Å². The fourth-order valence-electron chi connectivity index (χ4n) is 5.28. The molecule has 3 aromatic carbocycles. The molecule has 0 amide bonds. The van der Waals surface area contributed by atoms with Gasteiger partial charge in [0.2, 0.25) is 0 Å². The van der Waals surface area contributed by atoms with Crippen molar-refractivity contribution in [1.29, 1.82) is 10.5 Å². The molecule has 0 heterocycles. The molecule has 0 spiro atoms. The summed E-state index contributed by atoms with van der Waals surface area (Å²) < 4.78 is 9.98. The number of aliphatic hydroxyl groups excluding tert-OH is 1. The molecule has 0 saturated carbocycles. The van der Waals surface area contributed by atoms with Gasteiger partial charge in [0.15, 0.2) is 5.41 Å². The number of methoxy groups -OCH3 is 2. The van der Waals surface area contributed by atoms with Crippen molar-refractivity contribution in [2.45, 2.75) is 18.8 Å². The second-order valence-corrected chi connectivity index (χ2v) is 8.77. The van der Waals surface area contributed by atoms with Gasteiger partial charge in [-0.25, -0.2) is 4.79 Å². The van der Waals surface area contributed by atoms with E-state index in [1.165, 1.54) is 0 Å². The molecular formula is C29H24N2O5. The summed E-state index contributed by atoms with van der Waals surface area (Å²) in [4.78, 5) is 26.2. The van der Waals surface area contributed by atoms with Crippen molar-refractivity contribution in [3.8, 4) is 12.1 Å². The number of nitriles is 2. The van der Waals surface area contributed by atoms with Crippen LogP contribution >= 0.6 is 0 Å². The lowest BCUT2D eigenvalue weighted by atomic mass is 9.53. The fraction of sp³-hybridized carbons (Fsp3) is 0.241. The lowest BCUT2D eigenvalue weighted by Gasteiger charge is -2.44. The minimum Gasteiger partial charge on any atom is -0.511 e. The number of carbonyl (C=O) groups excluding carboxylic acids is 2. The molecule has 1 aliphatic carbocycles. The smallest absolute Gasteiger partial charge is 0.337 e. The van der Waals surface area contributed by atoms with Crippen molar-refractivity contribution >= 4 is 22.7 Å². The standard InChI is InChI=1S/C29H24N2O5/c1-17-11-13-19(14-12-17)24-22(27(33)35-2)26(32)23(28(34)36-3)25(29(24,15-30)16-31)21-10-6-8-18-7-4-5-9-20(18)21/h4-14,22,24-25,32H,1-3H3. The van der Waals surface area contributed by atoms with Crippen LogP contribution in [0.15, 0.2) is 78.1 Å². The van der Waals surface area contributed by atoms with Crippen LogP contribution in [0.4, 0.5) is 0 Å². The maximum Gasteiger partial charge on any atom is 0.337 e. The minimum absolute atomic E-state index is 0.310. The molecule has 3 atom stereocenters. The molecule has 3 unspecified atom stereocenters. The predicted octanol–water partition coefficient (Wildman–Crippen LogP) is 4.84. The van der Waals surface area contributed by atoms with Gasteiger partial charge in [-0.1, -0.05) is 72.3 Å². The summed E-state index contributed by atoms with van der Waals surface area (Å²) in [5.41, 5.74) is -0.378. The number of fused-ring (bicyclic) bond motifs is 1. The van der Waals surface area contributed by atoms with E-state index in [9.17, 15) is 25.2 Å². The summed E-state index contributed by atoms with van der Waals surface area (Å²) in [6.45, 7) is 1.88. The highest BCUT2D eigenvalue weighted by Crippen LogP contribution is 2.59. The molecule has 3 aromatic rings. The topological polar surface area (TPSA) is 120 Å². The van der Waals surface area contributed by atoms with Crippen LogP contribution in [0.3, 0.4) is 0 Å². The first kappa shape index (κ1) is 24.5. The molecule has 0 aromatic heterocycles. The Kier molecular flexibility index (Phi) is 6.51. The largest absolute Gasteiger partial charge is 0.511 e. The highest BCUT2D eigenvalue weighted by Gasteiger charge is 2.61. The van der Waals surface area contributed by atoms with Gasteiger partial charge in [-0.2, -0.15) is 10.5 Å². The average molecular weight is 481 g/mol. The summed E-state index contributed by atoms with van der Waals surface area (Å²) in [5.74, 6) is -6.21. The number of rotatable bonds is 4. The lowest BCUT2D eigenvalue weighted by Crippen LogP contribution is -2.47. The summed E-state index contributed by atoms with van der Waals surface area (Å²) in [6, 6.07) is 24.1. The monoisotopic (exact) mass is 480 g/mol. The average Bonchev–Trinajstić information content (AvgIpc) is 2.92. The Morgan fingerprint density at radius 2 is 1.56 bits per heavy atom. The Balaban J connectivity index is 2.18. The molecule has 180 valence electrons. The van der Waals surface area contributed by atoms with E-state index in [1.807, 2.05) is 37.3 Å². The van der Waals surface area contributed by atoms with Crippen LogP contribution < -0.4 is 0 Å². The van der Waals surface area contributed by atoms with E-state index in [1.54, 1.807) is 36.4 Å². The second-order valence-electron chi connectivity index (χ2n) is 8.77. The molecule has 1 N–H and O–H groups in total. The third kappa shape index (κ3) is 3.66. The van der Waals surface area contributed by atoms with E-state index in [2.05, 4.69) is 12.1 Å². The van der Waals surface area contributed by atoms with E-state index in [4.69, 9.17) is 9.47 Å². The van der Waals surface area contributed by atoms with Crippen molar-refractivity contribution in [1.82, 2.24) is 0 Å². The molecular weight excluding hydrogens is 456 g/mol. The third-order valence-corrected chi connectivity index (χ3v) is 6.94. The van der Waals surface area contributed by atoms with E-state index in [0.29, 0.717) is 16.5 Å². The van der Waals surface area contributed by atoms with Crippen LogP contribution in [0.25, 0.3) is 10.8 Å². The van der Waals surface area contributed by atoms with Gasteiger partial charge >= 0.3 is 11.9 Å². The summed E-state index contributed by atoms with van der Waals surface area (Å²) >= 11 is 0. The van der Waals surface area contributed by atoms with E-state index < -0.39 is 40.9 Å². The van der Waals surface area contributed by atoms with Crippen molar-refractivity contribution in [2.75, 3.05) is 14.2 Å². The maximum absolute atomic E-state index is 13.2. The van der Waals surface area contributed by atoms with Gasteiger partial charge in [-0.15, -0.1) is 0 Å². The first-order valence-corrected chi connectivity index (χ1v) is 11.3. The number of aryl methyl sites for hydroxylation is 1. The SMILES string of the molecule is COC(=O)C1=C(O)C(C(=O)OC)C(c2ccc(C)cc2)C(C#N)(C#N)C1c1cccc2ccccc12. The molecule has 0 radical (unpaired) electrons. The van der Waals surface area contributed by atoms with Gasteiger partial charge in [0.1, 0.15) is 11.7 Å². The van der Waals surface area contributed by atoms with Crippen LogP contribution in [-0.2, 0) is 19.1 Å². The number of hydrogen-bond acceptors (Lipinski definition) is 7. The second kappa shape index (κ2) is 9.56. The number of aliphatic hydroxyl groups is 1. The zero-order valence-electron chi connectivity index (χ0n) is 20.1. The summed E-state index contributed by atoms with van der Waals surface area (Å²) in [6.07, 6.45) is 0. The maximum atomic E-state index is 13.2. The van der Waals surface area contributed by atoms with Crippen LogP contribution in [0.1, 0.15) is 28.5 Å². The number of ether oxygens (including phenoxy) is 2. The molecule has 0 aliphatic heterocycles. The first-order chi connectivity index (χ1) is 17.3. The number of esters is 2. The Hall–Kier alpha value is -4.62. The molecule has 7 heteroatoms. The summed E-state index contributed by atoms with van der Waals surface area (Å²) in [5, 5.41) is 34.4. The quantitative estimate of drug-likeness (QED) is 0.531. The highest BCUT2D eigenvalue weighted by atomic mass is 16.5. The van der Waals surface area contributed by atoms with E-state index in [-0.39, 0.29) is 5.57 Å². The fourth-order valence-corrected chi connectivity index (χ4v) is 5.28.